The van der Waals surface area contributed by atoms with Crippen LogP contribution in [0.5, 0.6) is 0 Å². The minimum Gasteiger partial charge on any atom is -0.352 e. The third-order valence-electron chi connectivity index (χ3n) is 2.82. The topological polar surface area (TPSA) is 41.1 Å². The van der Waals surface area contributed by atoms with Crippen LogP contribution >= 0.6 is 23.2 Å². The normalized spacial score (nSPS) is 19.3. The van der Waals surface area contributed by atoms with E-state index in [4.69, 9.17) is 23.2 Å². The number of rotatable bonds is 3. The van der Waals surface area contributed by atoms with Crippen molar-refractivity contribution in [1.82, 2.24) is 10.6 Å². The zero-order valence-electron chi connectivity index (χ0n) is 9.30. The fourth-order valence-corrected chi connectivity index (χ4v) is 2.45. The highest BCUT2D eigenvalue weighted by Gasteiger charge is 2.18. The lowest BCUT2D eigenvalue weighted by atomic mass is 10.1. The molecule has 0 spiro atoms. The van der Waals surface area contributed by atoms with Gasteiger partial charge in [0, 0.05) is 22.6 Å². The van der Waals surface area contributed by atoms with E-state index < -0.39 is 0 Å². The van der Waals surface area contributed by atoms with Gasteiger partial charge in [0.05, 0.1) is 6.42 Å². The smallest absolute Gasteiger partial charge is 0.224 e. The van der Waals surface area contributed by atoms with Gasteiger partial charge in [0.2, 0.25) is 5.91 Å². The molecule has 1 unspecified atom stereocenters. The predicted molar refractivity (Wildman–Crippen MR) is 69.6 cm³/mol. The lowest BCUT2D eigenvalue weighted by Gasteiger charge is -2.12. The third kappa shape index (κ3) is 3.35. The van der Waals surface area contributed by atoms with E-state index in [2.05, 4.69) is 10.6 Å². The second-order valence-electron chi connectivity index (χ2n) is 4.13. The van der Waals surface area contributed by atoms with E-state index in [1.165, 1.54) is 0 Å². The Morgan fingerprint density at radius 1 is 1.41 bits per heavy atom. The van der Waals surface area contributed by atoms with Gasteiger partial charge in [-0.15, -0.1) is 0 Å². The van der Waals surface area contributed by atoms with Crippen LogP contribution in [0.1, 0.15) is 12.0 Å². The highest BCUT2D eigenvalue weighted by atomic mass is 35.5. The lowest BCUT2D eigenvalue weighted by molar-refractivity contribution is -0.121. The number of carbonyl (C=O) groups excluding carboxylic acids is 1. The van der Waals surface area contributed by atoms with Crippen LogP contribution in [0, 0.1) is 0 Å². The Balaban J connectivity index is 1.97. The molecule has 0 radical (unpaired) electrons. The minimum absolute atomic E-state index is 0.0336. The summed E-state index contributed by atoms with van der Waals surface area (Å²) in [5.74, 6) is -0.0336. The number of nitrogens with one attached hydrogen (secondary N) is 2. The summed E-state index contributed by atoms with van der Waals surface area (Å²) < 4.78 is 0. The van der Waals surface area contributed by atoms with Crippen molar-refractivity contribution in [2.45, 2.75) is 18.9 Å². The van der Waals surface area contributed by atoms with Gasteiger partial charge >= 0.3 is 0 Å². The number of hydrogen-bond acceptors (Lipinski definition) is 2. The maximum absolute atomic E-state index is 11.8. The Hall–Kier alpha value is -0.770. The third-order valence-corrected chi connectivity index (χ3v) is 3.53. The summed E-state index contributed by atoms with van der Waals surface area (Å²) in [6.45, 7) is 1.79. The summed E-state index contributed by atoms with van der Waals surface area (Å²) in [6, 6.07) is 5.48. The highest BCUT2D eigenvalue weighted by Crippen LogP contribution is 2.24. The van der Waals surface area contributed by atoms with Gasteiger partial charge < -0.3 is 10.6 Å². The first-order chi connectivity index (χ1) is 8.16. The zero-order valence-corrected chi connectivity index (χ0v) is 10.8. The van der Waals surface area contributed by atoms with Gasteiger partial charge in [0.25, 0.3) is 0 Å². The van der Waals surface area contributed by atoms with E-state index >= 15 is 0 Å². The van der Waals surface area contributed by atoms with Crippen molar-refractivity contribution in [2.24, 2.45) is 0 Å². The molecule has 1 heterocycles. The monoisotopic (exact) mass is 272 g/mol. The first-order valence-corrected chi connectivity index (χ1v) is 6.35. The molecule has 0 aromatic heterocycles. The largest absolute Gasteiger partial charge is 0.352 e. The zero-order chi connectivity index (χ0) is 12.3. The summed E-state index contributed by atoms with van der Waals surface area (Å²) in [6.07, 6.45) is 1.21. The van der Waals surface area contributed by atoms with Crippen LogP contribution in [-0.4, -0.2) is 25.0 Å². The number of hydrogen-bond donors (Lipinski definition) is 2. The van der Waals surface area contributed by atoms with E-state index in [9.17, 15) is 4.79 Å². The Kier molecular flexibility index (Phi) is 4.26. The molecule has 3 nitrogen and oxygen atoms in total. The predicted octanol–water partition coefficient (Wildman–Crippen LogP) is 2.01. The fraction of sp³-hybridized carbons (Fsp3) is 0.417. The summed E-state index contributed by atoms with van der Waals surface area (Å²) >= 11 is 12.0. The molecule has 1 saturated heterocycles. The van der Waals surface area contributed by atoms with Crippen LogP contribution < -0.4 is 10.6 Å². The van der Waals surface area contributed by atoms with Crippen LogP contribution in [0.3, 0.4) is 0 Å². The molecule has 1 amide bonds. The molecular formula is C12H14Cl2N2O. The summed E-state index contributed by atoms with van der Waals surface area (Å²) in [5, 5.41) is 7.24. The molecule has 2 N–H and O–H groups in total. The molecule has 1 aromatic rings. The van der Waals surface area contributed by atoms with Crippen LogP contribution in [0.25, 0.3) is 0 Å². The average Bonchev–Trinajstić information content (AvgIpc) is 2.76. The van der Waals surface area contributed by atoms with E-state index in [1.807, 2.05) is 0 Å². The maximum atomic E-state index is 11.8. The van der Waals surface area contributed by atoms with Gasteiger partial charge in [-0.2, -0.15) is 0 Å². The molecule has 1 atom stereocenters. The Morgan fingerprint density at radius 2 is 2.12 bits per heavy atom. The van der Waals surface area contributed by atoms with Crippen LogP contribution in [0.2, 0.25) is 10.0 Å². The Morgan fingerprint density at radius 3 is 2.71 bits per heavy atom. The average molecular weight is 273 g/mol. The maximum Gasteiger partial charge on any atom is 0.224 e. The van der Waals surface area contributed by atoms with Crippen molar-refractivity contribution in [3.05, 3.63) is 33.8 Å². The van der Waals surface area contributed by atoms with Crippen molar-refractivity contribution < 1.29 is 4.79 Å². The summed E-state index contributed by atoms with van der Waals surface area (Å²) in [5.41, 5.74) is 0.694. The Bertz CT molecular complexity index is 397. The van der Waals surface area contributed by atoms with E-state index in [0.29, 0.717) is 15.6 Å². The second-order valence-corrected chi connectivity index (χ2v) is 4.95. The van der Waals surface area contributed by atoms with Crippen molar-refractivity contribution >= 4 is 29.1 Å². The quantitative estimate of drug-likeness (QED) is 0.884. The van der Waals surface area contributed by atoms with Crippen LogP contribution in [0.4, 0.5) is 0 Å². The van der Waals surface area contributed by atoms with E-state index in [0.717, 1.165) is 19.5 Å². The molecule has 1 aliphatic heterocycles. The van der Waals surface area contributed by atoms with Gasteiger partial charge in [0.15, 0.2) is 0 Å². The van der Waals surface area contributed by atoms with Gasteiger partial charge in [-0.25, -0.2) is 0 Å². The van der Waals surface area contributed by atoms with Crippen molar-refractivity contribution in [2.75, 3.05) is 13.1 Å². The molecule has 5 heteroatoms. The number of amides is 1. The number of benzene rings is 1. The SMILES string of the molecule is O=C(Cc1c(Cl)cccc1Cl)NC1CCNC1. The van der Waals surface area contributed by atoms with Gasteiger partial charge in [0.1, 0.15) is 0 Å². The highest BCUT2D eigenvalue weighted by molar-refractivity contribution is 6.36. The Labute approximate surface area is 110 Å². The van der Waals surface area contributed by atoms with Crippen LogP contribution in [-0.2, 0) is 11.2 Å². The first-order valence-electron chi connectivity index (χ1n) is 5.60. The standard InChI is InChI=1S/C12H14Cl2N2O/c13-10-2-1-3-11(14)9(10)6-12(17)16-8-4-5-15-7-8/h1-3,8,15H,4-7H2,(H,16,17). The fourth-order valence-electron chi connectivity index (χ4n) is 1.92. The van der Waals surface area contributed by atoms with Gasteiger partial charge in [-0.3, -0.25) is 4.79 Å². The second kappa shape index (κ2) is 5.71. The molecule has 17 heavy (non-hydrogen) atoms. The molecule has 92 valence electrons. The van der Waals surface area contributed by atoms with Crippen LogP contribution in [0.15, 0.2) is 18.2 Å². The summed E-state index contributed by atoms with van der Waals surface area (Å²) in [7, 11) is 0. The van der Waals surface area contributed by atoms with Crippen molar-refractivity contribution in [3.8, 4) is 0 Å². The molecule has 0 saturated carbocycles. The molecule has 0 aliphatic carbocycles. The van der Waals surface area contributed by atoms with E-state index in [1.54, 1.807) is 18.2 Å². The molecule has 2 rings (SSSR count). The van der Waals surface area contributed by atoms with Crippen molar-refractivity contribution in [1.29, 1.82) is 0 Å². The molecule has 1 fully saturated rings. The lowest BCUT2D eigenvalue weighted by Crippen LogP contribution is -2.37. The number of halogens is 2. The molecular weight excluding hydrogens is 259 g/mol. The number of carbonyl (C=O) groups is 1. The molecule has 0 bridgehead atoms. The first kappa shape index (κ1) is 12.7. The summed E-state index contributed by atoms with van der Waals surface area (Å²) in [4.78, 5) is 11.8. The van der Waals surface area contributed by atoms with Gasteiger partial charge in [-0.05, 0) is 30.7 Å². The molecule has 1 aromatic carbocycles. The van der Waals surface area contributed by atoms with Crippen molar-refractivity contribution in [3.63, 3.8) is 0 Å². The minimum atomic E-state index is -0.0336. The van der Waals surface area contributed by atoms with Gasteiger partial charge in [-0.1, -0.05) is 29.3 Å². The van der Waals surface area contributed by atoms with E-state index in [-0.39, 0.29) is 18.4 Å². The molecule has 1 aliphatic rings.